The summed E-state index contributed by atoms with van der Waals surface area (Å²) in [6.07, 6.45) is 1.25. The summed E-state index contributed by atoms with van der Waals surface area (Å²) < 4.78 is 5.25. The van der Waals surface area contributed by atoms with Crippen LogP contribution >= 0.6 is 0 Å². The van der Waals surface area contributed by atoms with Crippen LogP contribution in [0.15, 0.2) is 35.4 Å². The van der Waals surface area contributed by atoms with Crippen molar-refractivity contribution in [2.75, 3.05) is 19.7 Å². The molecule has 0 aliphatic heterocycles. The molecule has 0 spiro atoms. The Kier molecular flexibility index (Phi) is 7.29. The van der Waals surface area contributed by atoms with Crippen molar-refractivity contribution in [3.8, 4) is 0 Å². The second-order valence-corrected chi connectivity index (χ2v) is 4.58. The molecular formula is C15H22N4O2. The number of hydrogen-bond acceptors (Lipinski definition) is 4. The summed E-state index contributed by atoms with van der Waals surface area (Å²) in [5, 5.41) is 6.78. The smallest absolute Gasteiger partial charge is 0.330 e. The lowest BCUT2D eigenvalue weighted by atomic mass is 9.87. The van der Waals surface area contributed by atoms with Crippen LogP contribution in [0.3, 0.4) is 0 Å². The minimum absolute atomic E-state index is 0.275. The molecule has 0 aromatic heterocycles. The fourth-order valence-corrected chi connectivity index (χ4v) is 2.24. The summed E-state index contributed by atoms with van der Waals surface area (Å²) >= 11 is 0. The minimum atomic E-state index is -0.854. The lowest BCUT2D eigenvalue weighted by Crippen LogP contribution is -2.50. The van der Waals surface area contributed by atoms with Crippen LogP contribution in [0.5, 0.6) is 0 Å². The normalized spacial score (nSPS) is 13.0. The second-order valence-electron chi connectivity index (χ2n) is 4.58. The number of carbonyl (C=O) groups is 1. The molecule has 1 atom stereocenters. The molecular weight excluding hydrogens is 268 g/mol. The quantitative estimate of drug-likeness (QED) is 0.249. The molecule has 0 aliphatic rings. The number of carbonyl (C=O) groups excluding carboxylic acids is 1. The summed E-state index contributed by atoms with van der Waals surface area (Å²) in [6.45, 7) is 5.06. The molecule has 0 fully saturated rings. The summed E-state index contributed by atoms with van der Waals surface area (Å²) in [5.41, 5.74) is 8.30. The van der Waals surface area contributed by atoms with Gasteiger partial charge in [-0.2, -0.15) is 0 Å². The predicted octanol–water partition coefficient (Wildman–Crippen LogP) is 3.15. The highest BCUT2D eigenvalue weighted by Crippen LogP contribution is 2.26. The Labute approximate surface area is 125 Å². The molecule has 0 bridgehead atoms. The Balaban J connectivity index is 2.92. The first kappa shape index (κ1) is 17.0. The number of rotatable bonds is 9. The average Bonchev–Trinajstić information content (AvgIpc) is 2.52. The highest BCUT2D eigenvalue weighted by atomic mass is 16.5. The van der Waals surface area contributed by atoms with Crippen molar-refractivity contribution >= 4 is 5.97 Å². The molecule has 1 N–H and O–H groups in total. The van der Waals surface area contributed by atoms with Gasteiger partial charge in [-0.15, -0.1) is 0 Å². The van der Waals surface area contributed by atoms with Gasteiger partial charge in [-0.05, 0) is 37.4 Å². The maximum Gasteiger partial charge on any atom is 0.330 e. The first-order valence-electron chi connectivity index (χ1n) is 7.20. The summed E-state index contributed by atoms with van der Waals surface area (Å²) in [4.78, 5) is 15.2. The van der Waals surface area contributed by atoms with E-state index < -0.39 is 5.54 Å². The number of hydrogen-bond donors (Lipinski definition) is 1. The van der Waals surface area contributed by atoms with Gasteiger partial charge in [-0.3, -0.25) is 5.32 Å². The zero-order valence-electron chi connectivity index (χ0n) is 12.6. The predicted molar refractivity (Wildman–Crippen MR) is 81.7 cm³/mol. The van der Waals surface area contributed by atoms with E-state index in [0.29, 0.717) is 32.5 Å². The van der Waals surface area contributed by atoms with Gasteiger partial charge < -0.3 is 4.74 Å². The lowest BCUT2D eigenvalue weighted by molar-refractivity contribution is -0.152. The highest BCUT2D eigenvalue weighted by molar-refractivity contribution is 5.82. The first-order valence-corrected chi connectivity index (χ1v) is 7.20. The SMILES string of the molecule is CCOC(=O)C(CC)(NCCCN=[N+]=[N-])c1ccccc1. The van der Waals surface area contributed by atoms with E-state index in [-0.39, 0.29) is 5.97 Å². The van der Waals surface area contributed by atoms with Crippen molar-refractivity contribution in [2.45, 2.75) is 32.2 Å². The van der Waals surface area contributed by atoms with Crippen LogP contribution in [0.2, 0.25) is 0 Å². The van der Waals surface area contributed by atoms with Crippen LogP contribution in [0.25, 0.3) is 10.4 Å². The number of nitrogens with one attached hydrogen (secondary N) is 1. The number of benzene rings is 1. The van der Waals surface area contributed by atoms with E-state index in [9.17, 15) is 4.79 Å². The van der Waals surface area contributed by atoms with Gasteiger partial charge in [0.1, 0.15) is 5.54 Å². The Bertz CT molecular complexity index is 486. The van der Waals surface area contributed by atoms with E-state index in [1.54, 1.807) is 6.92 Å². The molecule has 1 unspecified atom stereocenters. The van der Waals surface area contributed by atoms with Crippen LogP contribution in [0.4, 0.5) is 0 Å². The third-order valence-electron chi connectivity index (χ3n) is 3.35. The monoisotopic (exact) mass is 290 g/mol. The fraction of sp³-hybridized carbons (Fsp3) is 0.533. The van der Waals surface area contributed by atoms with E-state index >= 15 is 0 Å². The average molecular weight is 290 g/mol. The molecule has 0 aliphatic carbocycles. The Morgan fingerprint density at radius 1 is 1.38 bits per heavy atom. The third-order valence-corrected chi connectivity index (χ3v) is 3.35. The maximum atomic E-state index is 12.4. The molecule has 0 saturated heterocycles. The van der Waals surface area contributed by atoms with Gasteiger partial charge in [0.2, 0.25) is 0 Å². The molecule has 1 rings (SSSR count). The molecule has 6 nitrogen and oxygen atoms in total. The largest absolute Gasteiger partial charge is 0.464 e. The van der Waals surface area contributed by atoms with Crippen molar-refractivity contribution in [2.24, 2.45) is 5.11 Å². The highest BCUT2D eigenvalue weighted by Gasteiger charge is 2.39. The third kappa shape index (κ3) is 4.48. The van der Waals surface area contributed by atoms with Crippen LogP contribution in [-0.2, 0) is 15.1 Å². The Morgan fingerprint density at radius 3 is 2.67 bits per heavy atom. The van der Waals surface area contributed by atoms with Gasteiger partial charge >= 0.3 is 5.97 Å². The van der Waals surface area contributed by atoms with E-state index in [1.165, 1.54) is 0 Å². The second kappa shape index (κ2) is 9.00. The maximum absolute atomic E-state index is 12.4. The number of ether oxygens (including phenoxy) is 1. The summed E-state index contributed by atoms with van der Waals surface area (Å²) in [7, 11) is 0. The first-order chi connectivity index (χ1) is 10.2. The van der Waals surface area contributed by atoms with Crippen molar-refractivity contribution in [1.29, 1.82) is 0 Å². The van der Waals surface area contributed by atoms with Crippen molar-refractivity contribution in [3.63, 3.8) is 0 Å². The van der Waals surface area contributed by atoms with E-state index in [4.69, 9.17) is 10.3 Å². The molecule has 6 heteroatoms. The molecule has 114 valence electrons. The lowest BCUT2D eigenvalue weighted by Gasteiger charge is -2.32. The van der Waals surface area contributed by atoms with Crippen molar-refractivity contribution < 1.29 is 9.53 Å². The standard InChI is InChI=1S/C15H22N4O2/c1-3-15(14(20)21-4-2,13-9-6-5-7-10-13)17-11-8-12-18-19-16/h5-7,9-10,17H,3-4,8,11-12H2,1-2H3. The molecule has 21 heavy (non-hydrogen) atoms. The van der Waals surface area contributed by atoms with E-state index in [2.05, 4.69) is 15.3 Å². The van der Waals surface area contributed by atoms with Gasteiger partial charge in [0, 0.05) is 11.5 Å². The van der Waals surface area contributed by atoms with Crippen LogP contribution < -0.4 is 5.32 Å². The Morgan fingerprint density at radius 2 is 2.10 bits per heavy atom. The van der Waals surface area contributed by atoms with E-state index in [1.807, 2.05) is 37.3 Å². The van der Waals surface area contributed by atoms with Gasteiger partial charge in [0.15, 0.2) is 0 Å². The Hall–Kier alpha value is -2.04. The molecule has 0 saturated carbocycles. The minimum Gasteiger partial charge on any atom is -0.464 e. The van der Waals surface area contributed by atoms with Crippen LogP contribution in [0, 0.1) is 0 Å². The zero-order chi connectivity index (χ0) is 15.6. The van der Waals surface area contributed by atoms with E-state index in [0.717, 1.165) is 5.56 Å². The summed E-state index contributed by atoms with van der Waals surface area (Å²) in [6, 6.07) is 9.56. The van der Waals surface area contributed by atoms with Crippen molar-refractivity contribution in [1.82, 2.24) is 5.32 Å². The molecule has 0 amide bonds. The number of azide groups is 1. The van der Waals surface area contributed by atoms with Crippen LogP contribution in [0.1, 0.15) is 32.3 Å². The van der Waals surface area contributed by atoms with Gasteiger partial charge in [-0.1, -0.05) is 42.4 Å². The molecule has 1 aromatic rings. The van der Waals surface area contributed by atoms with Gasteiger partial charge in [0.25, 0.3) is 0 Å². The van der Waals surface area contributed by atoms with Crippen molar-refractivity contribution in [3.05, 3.63) is 46.3 Å². The van der Waals surface area contributed by atoms with Gasteiger partial charge in [-0.25, -0.2) is 4.79 Å². The molecule has 1 aromatic carbocycles. The number of esters is 1. The van der Waals surface area contributed by atoms with Gasteiger partial charge in [0.05, 0.1) is 6.61 Å². The fourth-order valence-electron chi connectivity index (χ4n) is 2.24. The molecule has 0 heterocycles. The molecule has 0 radical (unpaired) electrons. The summed E-state index contributed by atoms with van der Waals surface area (Å²) in [5.74, 6) is -0.275. The zero-order valence-corrected chi connectivity index (χ0v) is 12.6. The number of nitrogens with zero attached hydrogens (tertiary/aromatic N) is 3. The topological polar surface area (TPSA) is 87.1 Å². The van der Waals surface area contributed by atoms with Crippen LogP contribution in [-0.4, -0.2) is 25.7 Å².